The molecule has 0 aromatic heterocycles. The fraction of sp³-hybridized carbons (Fsp3) is 0.850. The van der Waals surface area contributed by atoms with Gasteiger partial charge in [-0.3, -0.25) is 13.8 Å². The van der Waals surface area contributed by atoms with Gasteiger partial charge in [0.25, 0.3) is 0 Å². The number of Topliss-reactive ketones (excluding diaryl/α,β-unsaturated/α-hetero) is 1. The molecule has 1 fully saturated rings. The summed E-state index contributed by atoms with van der Waals surface area (Å²) in [5.41, 5.74) is 1.12. The molecule has 0 aliphatic heterocycles. The van der Waals surface area contributed by atoms with Crippen LogP contribution < -0.4 is 0 Å². The van der Waals surface area contributed by atoms with Crippen LogP contribution in [0.15, 0.2) is 11.3 Å². The summed E-state index contributed by atoms with van der Waals surface area (Å²) in [6.45, 7) is 4.43. The molecule has 0 aromatic rings. The highest BCUT2D eigenvalue weighted by molar-refractivity contribution is 8.55. The van der Waals surface area contributed by atoms with Crippen molar-refractivity contribution in [1.29, 1.82) is 0 Å². The third-order valence-electron chi connectivity index (χ3n) is 5.36. The molecular weight excluding hydrogens is 494 g/mol. The Kier molecular flexibility index (Phi) is 11.9. The second-order valence-electron chi connectivity index (χ2n) is 7.37. The summed E-state index contributed by atoms with van der Waals surface area (Å²) in [7, 11) is -3.78. The monoisotopic (exact) mass is 530 g/mol. The first-order valence-electron chi connectivity index (χ1n) is 11.2. The average molecular weight is 531 g/mol. The van der Waals surface area contributed by atoms with Crippen molar-refractivity contribution >= 4 is 43.5 Å². The van der Waals surface area contributed by atoms with Crippen molar-refractivity contribution in [2.24, 2.45) is 11.8 Å². The van der Waals surface area contributed by atoms with Gasteiger partial charge in [-0.05, 0) is 82.5 Å². The van der Waals surface area contributed by atoms with E-state index in [0.29, 0.717) is 12.2 Å². The minimum atomic E-state index is -3.78. The Morgan fingerprint density at radius 1 is 1.00 bits per heavy atom. The van der Waals surface area contributed by atoms with Crippen LogP contribution in [0.3, 0.4) is 0 Å². The Hall–Kier alpha value is 0.210. The van der Waals surface area contributed by atoms with Gasteiger partial charge in [-0.25, -0.2) is 9.13 Å². The van der Waals surface area contributed by atoms with Gasteiger partial charge in [0, 0.05) is 5.92 Å². The predicted octanol–water partition coefficient (Wildman–Crippen LogP) is 6.47. The van der Waals surface area contributed by atoms with Gasteiger partial charge in [-0.1, -0.05) is 0 Å². The number of allylic oxidation sites excluding steroid dienone is 1. The van der Waals surface area contributed by atoms with Gasteiger partial charge < -0.3 is 13.6 Å². The third kappa shape index (κ3) is 7.35. The first-order chi connectivity index (χ1) is 15.3. The molecule has 0 amide bonds. The molecule has 186 valence electrons. The Bertz CT molecular complexity index is 740. The smallest absolute Gasteiger partial charge is 0.407 e. The van der Waals surface area contributed by atoms with Gasteiger partial charge in [0.05, 0.1) is 37.4 Å². The molecule has 1 saturated carbocycles. The van der Waals surface area contributed by atoms with Gasteiger partial charge in [0.1, 0.15) is 11.5 Å². The molecule has 0 N–H and O–H groups in total. The van der Waals surface area contributed by atoms with Crippen LogP contribution in [0.4, 0.5) is 0 Å². The largest absolute Gasteiger partial charge is 0.529 e. The normalized spacial score (nSPS) is 24.0. The van der Waals surface area contributed by atoms with Gasteiger partial charge >= 0.3 is 14.6 Å². The summed E-state index contributed by atoms with van der Waals surface area (Å²) in [6, 6.07) is 0. The highest BCUT2D eigenvalue weighted by Crippen LogP contribution is 2.61. The van der Waals surface area contributed by atoms with E-state index in [0.717, 1.165) is 36.2 Å². The standard InChI is InChI=1S/C20H36O8P2S2/c1-6-24-29(22,25-7-2)28-19-16-12-10-11-15(16)13-17(20(19)31-5)18(21)14-32-30(23,26-8-3)27-9-4/h15,17,20H,6-14H2,1-5H3/t15-,17-,20+/m1/s1. The number of hydrogen-bond acceptors (Lipinski definition) is 10. The lowest BCUT2D eigenvalue weighted by Gasteiger charge is -2.36. The summed E-state index contributed by atoms with van der Waals surface area (Å²) in [4.78, 5) is 13.3. The van der Waals surface area contributed by atoms with Crippen LogP contribution >= 0.6 is 37.8 Å². The highest BCUT2D eigenvalue weighted by atomic mass is 32.7. The maximum Gasteiger partial charge on any atom is 0.529 e. The van der Waals surface area contributed by atoms with Crippen LogP contribution in [-0.2, 0) is 36.5 Å². The molecule has 0 heterocycles. The van der Waals surface area contributed by atoms with E-state index in [2.05, 4.69) is 0 Å². The number of rotatable bonds is 15. The number of thioether (sulfide) groups is 1. The summed E-state index contributed by atoms with van der Waals surface area (Å²) in [5.74, 6) is 0.395. The fourth-order valence-corrected chi connectivity index (χ4v) is 9.84. The van der Waals surface area contributed by atoms with Crippen LogP contribution in [0.25, 0.3) is 0 Å². The summed E-state index contributed by atoms with van der Waals surface area (Å²) < 4.78 is 53.3. The van der Waals surface area contributed by atoms with Crippen LogP contribution in [0.2, 0.25) is 0 Å². The first kappa shape index (κ1) is 28.4. The quantitative estimate of drug-likeness (QED) is 0.219. The number of hydrogen-bond donors (Lipinski definition) is 0. The third-order valence-corrected chi connectivity index (χ3v) is 11.8. The first-order valence-corrected chi connectivity index (χ1v) is 17.0. The van der Waals surface area contributed by atoms with Crippen LogP contribution in [0.1, 0.15) is 53.4 Å². The van der Waals surface area contributed by atoms with E-state index in [4.69, 9.17) is 22.6 Å². The molecule has 2 aliphatic carbocycles. The zero-order valence-electron chi connectivity index (χ0n) is 19.6. The minimum Gasteiger partial charge on any atom is -0.407 e. The Morgan fingerprint density at radius 3 is 2.12 bits per heavy atom. The van der Waals surface area contributed by atoms with Crippen molar-refractivity contribution in [3.8, 4) is 0 Å². The second-order valence-corrected chi connectivity index (χ2v) is 14.0. The lowest BCUT2D eigenvalue weighted by molar-refractivity contribution is -0.121. The molecule has 2 aliphatic rings. The van der Waals surface area contributed by atoms with Crippen molar-refractivity contribution < 1.29 is 36.5 Å². The molecule has 0 saturated heterocycles. The van der Waals surface area contributed by atoms with Gasteiger partial charge in [0.2, 0.25) is 0 Å². The van der Waals surface area contributed by atoms with Gasteiger partial charge in [-0.15, -0.1) is 0 Å². The van der Waals surface area contributed by atoms with E-state index < -0.39 is 14.6 Å². The number of ketones is 1. The molecular formula is C20H36O8P2S2. The van der Waals surface area contributed by atoms with Crippen molar-refractivity contribution in [1.82, 2.24) is 0 Å². The second kappa shape index (κ2) is 13.3. The van der Waals surface area contributed by atoms with Gasteiger partial charge in [-0.2, -0.15) is 11.8 Å². The SMILES string of the molecule is CCOP(=O)(OCC)OC1=C2CCC[C@@H]2C[C@H](C(=O)CSP(=O)(OCC)OCC)[C@@H]1SC. The molecule has 8 nitrogen and oxygen atoms in total. The Morgan fingerprint density at radius 2 is 1.59 bits per heavy atom. The van der Waals surface area contributed by atoms with E-state index >= 15 is 0 Å². The number of phosphoric acid groups is 1. The van der Waals surface area contributed by atoms with Crippen LogP contribution in [0, 0.1) is 11.8 Å². The predicted molar refractivity (Wildman–Crippen MR) is 130 cm³/mol. The molecule has 2 rings (SSSR count). The van der Waals surface area contributed by atoms with Crippen molar-refractivity contribution in [3.05, 3.63) is 11.3 Å². The number of phosphoric ester groups is 1. The molecule has 0 radical (unpaired) electrons. The minimum absolute atomic E-state index is 0.0168. The van der Waals surface area contributed by atoms with Crippen LogP contribution in [0.5, 0.6) is 0 Å². The number of carbonyl (C=O) groups excluding carboxylic acids is 1. The molecule has 0 aromatic carbocycles. The summed E-state index contributed by atoms with van der Waals surface area (Å²) in [6.07, 6.45) is 5.43. The highest BCUT2D eigenvalue weighted by Gasteiger charge is 2.46. The Balaban J connectivity index is 2.26. The lowest BCUT2D eigenvalue weighted by atomic mass is 9.79. The molecule has 0 spiro atoms. The zero-order valence-corrected chi connectivity index (χ0v) is 23.0. The molecule has 12 heteroatoms. The maximum absolute atomic E-state index is 13.3. The topological polar surface area (TPSA) is 97.4 Å². The Labute approximate surface area is 200 Å². The summed E-state index contributed by atoms with van der Waals surface area (Å²) >= 11 is 2.43. The van der Waals surface area contributed by atoms with E-state index in [1.165, 1.54) is 11.8 Å². The molecule has 0 bridgehead atoms. The average Bonchev–Trinajstić information content (AvgIpc) is 3.21. The molecule has 0 unspecified atom stereocenters. The van der Waals surface area contributed by atoms with Crippen molar-refractivity contribution in [2.45, 2.75) is 58.6 Å². The van der Waals surface area contributed by atoms with E-state index in [1.807, 2.05) is 6.26 Å². The van der Waals surface area contributed by atoms with E-state index in [1.54, 1.807) is 27.7 Å². The number of carbonyl (C=O) groups is 1. The fourth-order valence-electron chi connectivity index (χ4n) is 4.18. The van der Waals surface area contributed by atoms with Crippen LogP contribution in [-0.4, -0.2) is 49.5 Å². The van der Waals surface area contributed by atoms with E-state index in [9.17, 15) is 13.9 Å². The lowest BCUT2D eigenvalue weighted by Crippen LogP contribution is -2.36. The zero-order chi connectivity index (χ0) is 23.8. The van der Waals surface area contributed by atoms with E-state index in [-0.39, 0.29) is 55.0 Å². The van der Waals surface area contributed by atoms with Gasteiger partial charge in [0.15, 0.2) is 0 Å². The van der Waals surface area contributed by atoms with Crippen molar-refractivity contribution in [2.75, 3.05) is 38.4 Å². The van der Waals surface area contributed by atoms with Crippen molar-refractivity contribution in [3.63, 3.8) is 0 Å². The maximum atomic E-state index is 13.3. The molecule has 3 atom stereocenters. The summed E-state index contributed by atoms with van der Waals surface area (Å²) in [5, 5.41) is -0.305. The number of fused-ring (bicyclic) bond motifs is 1. The molecule has 32 heavy (non-hydrogen) atoms.